The Hall–Kier alpha value is -1.91. The van der Waals surface area contributed by atoms with Gasteiger partial charge in [-0.3, -0.25) is 9.59 Å². The van der Waals surface area contributed by atoms with E-state index in [1.54, 1.807) is 12.1 Å². The van der Waals surface area contributed by atoms with Gasteiger partial charge in [-0.2, -0.15) is 0 Å². The molecule has 20 heavy (non-hydrogen) atoms. The summed E-state index contributed by atoms with van der Waals surface area (Å²) in [6, 6.07) is 6.24. The van der Waals surface area contributed by atoms with Crippen molar-refractivity contribution in [1.82, 2.24) is 10.6 Å². The van der Waals surface area contributed by atoms with E-state index in [0.29, 0.717) is 13.0 Å². The molecule has 1 fully saturated rings. The van der Waals surface area contributed by atoms with Crippen LogP contribution in [-0.4, -0.2) is 24.4 Å². The summed E-state index contributed by atoms with van der Waals surface area (Å²) in [4.78, 5) is 23.2. The van der Waals surface area contributed by atoms with Gasteiger partial charge in [0.1, 0.15) is 5.82 Å². The maximum absolute atomic E-state index is 12.7. The van der Waals surface area contributed by atoms with Crippen LogP contribution in [0.25, 0.3) is 0 Å². The van der Waals surface area contributed by atoms with Gasteiger partial charge in [0.2, 0.25) is 0 Å². The van der Waals surface area contributed by atoms with E-state index in [9.17, 15) is 14.0 Å². The first-order chi connectivity index (χ1) is 9.65. The van der Waals surface area contributed by atoms with E-state index in [0.717, 1.165) is 31.2 Å². The number of carbonyl (C=O) groups excluding carboxylic acids is 2. The molecule has 2 amide bonds. The Balaban J connectivity index is 1.68. The molecule has 0 aliphatic heterocycles. The van der Waals surface area contributed by atoms with Gasteiger partial charge in [-0.15, -0.1) is 0 Å². The lowest BCUT2D eigenvalue weighted by atomic mass is 10.1. The molecule has 4 nitrogen and oxygen atoms in total. The Morgan fingerprint density at radius 3 is 2.40 bits per heavy atom. The van der Waals surface area contributed by atoms with E-state index in [-0.39, 0.29) is 11.9 Å². The third kappa shape index (κ3) is 4.33. The monoisotopic (exact) mass is 278 g/mol. The Morgan fingerprint density at radius 2 is 1.75 bits per heavy atom. The summed E-state index contributed by atoms with van der Waals surface area (Å²) in [6.07, 6.45) is 4.69. The van der Waals surface area contributed by atoms with Gasteiger partial charge >= 0.3 is 11.8 Å². The second kappa shape index (κ2) is 7.03. The zero-order valence-electron chi connectivity index (χ0n) is 11.3. The highest BCUT2D eigenvalue weighted by atomic mass is 19.1. The van der Waals surface area contributed by atoms with Gasteiger partial charge in [0.25, 0.3) is 0 Å². The molecule has 108 valence electrons. The van der Waals surface area contributed by atoms with E-state index >= 15 is 0 Å². The third-order valence-electron chi connectivity index (χ3n) is 3.51. The van der Waals surface area contributed by atoms with Gasteiger partial charge in [-0.25, -0.2) is 4.39 Å². The predicted octanol–water partition coefficient (Wildman–Crippen LogP) is 1.54. The number of halogens is 1. The van der Waals surface area contributed by atoms with Gasteiger partial charge in [0, 0.05) is 12.6 Å². The van der Waals surface area contributed by atoms with Crippen LogP contribution in [0.5, 0.6) is 0 Å². The Morgan fingerprint density at radius 1 is 1.10 bits per heavy atom. The van der Waals surface area contributed by atoms with Gasteiger partial charge in [-0.1, -0.05) is 25.0 Å². The number of benzene rings is 1. The fourth-order valence-electron chi connectivity index (χ4n) is 2.37. The van der Waals surface area contributed by atoms with Crippen molar-refractivity contribution in [1.29, 1.82) is 0 Å². The van der Waals surface area contributed by atoms with Crippen molar-refractivity contribution in [2.24, 2.45) is 0 Å². The Bertz CT molecular complexity index is 467. The molecule has 0 radical (unpaired) electrons. The molecule has 0 aromatic heterocycles. The molecular weight excluding hydrogens is 259 g/mol. The fraction of sp³-hybridized carbons (Fsp3) is 0.467. The van der Waals surface area contributed by atoms with Crippen LogP contribution in [0.3, 0.4) is 0 Å². The van der Waals surface area contributed by atoms with Crippen LogP contribution in [0.1, 0.15) is 31.2 Å². The number of nitrogens with one attached hydrogen (secondary N) is 2. The lowest BCUT2D eigenvalue weighted by Crippen LogP contribution is -2.44. The van der Waals surface area contributed by atoms with Crippen LogP contribution in [0.2, 0.25) is 0 Å². The van der Waals surface area contributed by atoms with Crippen molar-refractivity contribution >= 4 is 11.8 Å². The zero-order valence-corrected chi connectivity index (χ0v) is 11.3. The molecule has 1 aromatic rings. The predicted molar refractivity (Wildman–Crippen MR) is 73.5 cm³/mol. The van der Waals surface area contributed by atoms with Gasteiger partial charge in [-0.05, 0) is 37.0 Å². The summed E-state index contributed by atoms with van der Waals surface area (Å²) in [7, 11) is 0. The number of hydrogen-bond donors (Lipinski definition) is 2. The molecule has 0 spiro atoms. The van der Waals surface area contributed by atoms with Crippen molar-refractivity contribution < 1.29 is 14.0 Å². The minimum Gasteiger partial charge on any atom is -0.348 e. The van der Waals surface area contributed by atoms with Crippen LogP contribution in [0.4, 0.5) is 4.39 Å². The highest BCUT2D eigenvalue weighted by Crippen LogP contribution is 2.17. The van der Waals surface area contributed by atoms with E-state index in [2.05, 4.69) is 10.6 Å². The lowest BCUT2D eigenvalue weighted by molar-refractivity contribution is -0.139. The minimum atomic E-state index is -0.598. The SMILES string of the molecule is O=C(NCCc1ccc(F)cc1)C(=O)NC1CCCC1. The van der Waals surface area contributed by atoms with E-state index in [1.807, 2.05) is 0 Å². The van der Waals surface area contributed by atoms with Crippen molar-refractivity contribution in [3.8, 4) is 0 Å². The highest BCUT2D eigenvalue weighted by Gasteiger charge is 2.20. The topological polar surface area (TPSA) is 58.2 Å². The van der Waals surface area contributed by atoms with Crippen molar-refractivity contribution in [3.63, 3.8) is 0 Å². The van der Waals surface area contributed by atoms with Crippen molar-refractivity contribution in [3.05, 3.63) is 35.6 Å². The molecule has 2 rings (SSSR count). The normalized spacial score (nSPS) is 15.1. The molecule has 1 aliphatic rings. The number of carbonyl (C=O) groups is 2. The average molecular weight is 278 g/mol. The lowest BCUT2D eigenvalue weighted by Gasteiger charge is -2.11. The van der Waals surface area contributed by atoms with E-state index < -0.39 is 11.8 Å². The largest absolute Gasteiger partial charge is 0.348 e. The molecule has 0 heterocycles. The first kappa shape index (κ1) is 14.5. The number of hydrogen-bond acceptors (Lipinski definition) is 2. The zero-order chi connectivity index (χ0) is 14.4. The first-order valence-electron chi connectivity index (χ1n) is 6.98. The molecule has 0 unspecified atom stereocenters. The molecule has 2 N–H and O–H groups in total. The second-order valence-electron chi connectivity index (χ2n) is 5.09. The van der Waals surface area contributed by atoms with Crippen LogP contribution >= 0.6 is 0 Å². The average Bonchev–Trinajstić information content (AvgIpc) is 2.93. The fourth-order valence-corrected chi connectivity index (χ4v) is 2.37. The van der Waals surface area contributed by atoms with Crippen LogP contribution in [0, 0.1) is 5.82 Å². The molecule has 1 aliphatic carbocycles. The van der Waals surface area contributed by atoms with Crippen LogP contribution in [-0.2, 0) is 16.0 Å². The molecule has 0 atom stereocenters. The van der Waals surface area contributed by atoms with E-state index in [4.69, 9.17) is 0 Å². The number of rotatable bonds is 4. The maximum atomic E-state index is 12.7. The summed E-state index contributed by atoms with van der Waals surface area (Å²) in [5.41, 5.74) is 0.919. The first-order valence-corrected chi connectivity index (χ1v) is 6.98. The highest BCUT2D eigenvalue weighted by molar-refractivity contribution is 6.35. The maximum Gasteiger partial charge on any atom is 0.309 e. The molecule has 5 heteroatoms. The second-order valence-corrected chi connectivity index (χ2v) is 5.09. The van der Waals surface area contributed by atoms with Crippen LogP contribution < -0.4 is 10.6 Å². The Kier molecular flexibility index (Phi) is 5.09. The molecule has 0 bridgehead atoms. The van der Waals surface area contributed by atoms with Crippen molar-refractivity contribution in [2.75, 3.05) is 6.54 Å². The standard InChI is InChI=1S/C15H19FN2O2/c16-12-7-5-11(6-8-12)9-10-17-14(19)15(20)18-13-3-1-2-4-13/h5-8,13H,1-4,9-10H2,(H,17,19)(H,18,20). The molecule has 0 saturated heterocycles. The molecular formula is C15H19FN2O2. The quantitative estimate of drug-likeness (QED) is 0.821. The van der Waals surface area contributed by atoms with Crippen LogP contribution in [0.15, 0.2) is 24.3 Å². The van der Waals surface area contributed by atoms with Gasteiger partial charge in [0.15, 0.2) is 0 Å². The minimum absolute atomic E-state index is 0.144. The number of amides is 2. The van der Waals surface area contributed by atoms with E-state index in [1.165, 1.54) is 12.1 Å². The molecule has 1 aromatic carbocycles. The van der Waals surface area contributed by atoms with Gasteiger partial charge in [0.05, 0.1) is 0 Å². The third-order valence-corrected chi connectivity index (χ3v) is 3.51. The summed E-state index contributed by atoms with van der Waals surface area (Å²) >= 11 is 0. The van der Waals surface area contributed by atoms with Gasteiger partial charge < -0.3 is 10.6 Å². The summed E-state index contributed by atoms with van der Waals surface area (Å²) in [5, 5.41) is 5.31. The summed E-state index contributed by atoms with van der Waals surface area (Å²) in [5.74, 6) is -1.44. The Labute approximate surface area is 117 Å². The summed E-state index contributed by atoms with van der Waals surface area (Å²) in [6.45, 7) is 0.364. The van der Waals surface area contributed by atoms with Crippen molar-refractivity contribution in [2.45, 2.75) is 38.1 Å². The summed E-state index contributed by atoms with van der Waals surface area (Å²) < 4.78 is 12.7. The molecule has 1 saturated carbocycles. The smallest absolute Gasteiger partial charge is 0.309 e.